The highest BCUT2D eigenvalue weighted by molar-refractivity contribution is 6.14. The van der Waals surface area contributed by atoms with Gasteiger partial charge in [-0.3, -0.25) is 4.98 Å². The average Bonchev–Trinajstić information content (AvgIpc) is 3.95. The Morgan fingerprint density at radius 3 is 1.75 bits per heavy atom. The van der Waals surface area contributed by atoms with E-state index >= 15 is 0 Å². The van der Waals surface area contributed by atoms with Gasteiger partial charge in [0.25, 0.3) is 0 Å². The molecule has 0 amide bonds. The molecule has 0 spiro atoms. The molecule has 0 saturated heterocycles. The maximum atomic E-state index is 6.58. The molecule has 0 N–H and O–H groups in total. The molecule has 242 valence electrons. The molecule has 6 heteroatoms. The SMILES string of the molecule is c1ccc2c(c1)oc1c(-n3c4ccccc4c4cc(-c5ccc6oc7c(-n8c9ccccc9c9ccccc98)ccnc7c6n5)ccc43)cccc12. The fraction of sp³-hybridized carbons (Fsp3) is 0. The first-order valence-electron chi connectivity index (χ1n) is 17.4. The van der Waals surface area contributed by atoms with Gasteiger partial charge in [0.2, 0.25) is 0 Å². The quantitative estimate of drug-likeness (QED) is 0.188. The molecule has 6 nitrogen and oxygen atoms in total. The number of fused-ring (bicyclic) bond motifs is 12. The summed E-state index contributed by atoms with van der Waals surface area (Å²) in [6.07, 6.45) is 1.86. The topological polar surface area (TPSA) is 61.9 Å². The van der Waals surface area contributed by atoms with E-state index in [-0.39, 0.29) is 0 Å². The van der Waals surface area contributed by atoms with Crippen molar-refractivity contribution >= 4 is 87.7 Å². The molecule has 0 aliphatic rings. The first-order valence-corrected chi connectivity index (χ1v) is 17.4. The van der Waals surface area contributed by atoms with E-state index in [9.17, 15) is 0 Å². The van der Waals surface area contributed by atoms with Crippen LogP contribution in [0.15, 0.2) is 167 Å². The summed E-state index contributed by atoms with van der Waals surface area (Å²) in [5.41, 5.74) is 13.0. The molecular weight excluding hydrogens is 641 g/mol. The Hall–Kier alpha value is -7.18. The summed E-state index contributed by atoms with van der Waals surface area (Å²) in [6, 6.07) is 52.9. The number of para-hydroxylation sites is 5. The molecule has 52 heavy (non-hydrogen) atoms. The minimum Gasteiger partial charge on any atom is -0.454 e. The second-order valence-corrected chi connectivity index (χ2v) is 13.4. The summed E-state index contributed by atoms with van der Waals surface area (Å²) in [6.45, 7) is 0. The fourth-order valence-corrected chi connectivity index (χ4v) is 8.33. The highest BCUT2D eigenvalue weighted by Gasteiger charge is 2.21. The number of furan rings is 2. The minimum absolute atomic E-state index is 0.705. The van der Waals surface area contributed by atoms with Gasteiger partial charge in [0.05, 0.1) is 39.1 Å². The Morgan fingerprint density at radius 2 is 1.00 bits per heavy atom. The summed E-state index contributed by atoms with van der Waals surface area (Å²) in [5, 5.41) is 6.94. The Bertz CT molecular complexity index is 3380. The molecule has 6 aromatic heterocycles. The molecule has 0 radical (unpaired) electrons. The van der Waals surface area contributed by atoms with Crippen molar-refractivity contribution in [1.29, 1.82) is 0 Å². The van der Waals surface area contributed by atoms with Gasteiger partial charge in [0.1, 0.15) is 16.6 Å². The molecule has 6 heterocycles. The van der Waals surface area contributed by atoms with Gasteiger partial charge in [-0.25, -0.2) is 4.98 Å². The summed E-state index contributed by atoms with van der Waals surface area (Å²) >= 11 is 0. The first-order chi connectivity index (χ1) is 25.8. The third-order valence-electron chi connectivity index (χ3n) is 10.6. The van der Waals surface area contributed by atoms with Crippen LogP contribution >= 0.6 is 0 Å². The Kier molecular flexibility index (Phi) is 5.41. The second kappa shape index (κ2) is 10.2. The Balaban J connectivity index is 1.05. The molecule has 0 unspecified atom stereocenters. The first kappa shape index (κ1) is 27.6. The lowest BCUT2D eigenvalue weighted by molar-refractivity contribution is 0.665. The van der Waals surface area contributed by atoms with Crippen molar-refractivity contribution in [2.45, 2.75) is 0 Å². The molecule has 0 aliphatic carbocycles. The number of benzene rings is 6. The van der Waals surface area contributed by atoms with Gasteiger partial charge < -0.3 is 18.0 Å². The van der Waals surface area contributed by atoms with Crippen LogP contribution in [0.4, 0.5) is 0 Å². The van der Waals surface area contributed by atoms with E-state index < -0.39 is 0 Å². The van der Waals surface area contributed by atoms with Crippen LogP contribution in [-0.4, -0.2) is 19.1 Å². The van der Waals surface area contributed by atoms with Crippen molar-refractivity contribution in [3.63, 3.8) is 0 Å². The molecule has 0 fully saturated rings. The van der Waals surface area contributed by atoms with Crippen molar-refractivity contribution in [3.05, 3.63) is 158 Å². The predicted octanol–water partition coefficient (Wildman–Crippen LogP) is 12.1. The largest absolute Gasteiger partial charge is 0.454 e. The van der Waals surface area contributed by atoms with Gasteiger partial charge >= 0.3 is 0 Å². The normalized spacial score (nSPS) is 12.2. The van der Waals surface area contributed by atoms with Crippen LogP contribution in [0.2, 0.25) is 0 Å². The van der Waals surface area contributed by atoms with Gasteiger partial charge in [-0.2, -0.15) is 0 Å². The van der Waals surface area contributed by atoms with Gasteiger partial charge in [-0.15, -0.1) is 0 Å². The van der Waals surface area contributed by atoms with Crippen molar-refractivity contribution in [3.8, 4) is 22.6 Å². The number of pyridine rings is 2. The van der Waals surface area contributed by atoms with Crippen LogP contribution in [0.1, 0.15) is 0 Å². The number of hydrogen-bond acceptors (Lipinski definition) is 4. The van der Waals surface area contributed by atoms with E-state index in [2.05, 4.69) is 130 Å². The van der Waals surface area contributed by atoms with E-state index in [1.54, 1.807) is 0 Å². The summed E-state index contributed by atoms with van der Waals surface area (Å²) in [5.74, 6) is 0. The molecule has 0 saturated carbocycles. The zero-order chi connectivity index (χ0) is 33.9. The molecule has 0 bridgehead atoms. The summed E-state index contributed by atoms with van der Waals surface area (Å²) < 4.78 is 17.7. The zero-order valence-corrected chi connectivity index (χ0v) is 27.6. The van der Waals surface area contributed by atoms with E-state index in [1.807, 2.05) is 36.5 Å². The smallest absolute Gasteiger partial charge is 0.179 e. The number of rotatable bonds is 3. The maximum absolute atomic E-state index is 6.58. The van der Waals surface area contributed by atoms with Crippen LogP contribution < -0.4 is 0 Å². The van der Waals surface area contributed by atoms with Crippen molar-refractivity contribution < 1.29 is 8.83 Å². The van der Waals surface area contributed by atoms with Crippen molar-refractivity contribution in [2.24, 2.45) is 0 Å². The Morgan fingerprint density at radius 1 is 0.404 bits per heavy atom. The summed E-state index contributed by atoms with van der Waals surface area (Å²) in [7, 11) is 0. The highest BCUT2D eigenvalue weighted by Crippen LogP contribution is 2.40. The standard InChI is InChI=1S/C46H26N4O2/c1-5-15-35-28(10-1)29-11-2-6-16-36(29)49(35)40-24-25-47-44-43-42(52-46(40)44)23-21-34(48-43)27-20-22-38-33(26-27)30-12-3-7-17-37(30)50(38)39-18-9-14-32-31-13-4-8-19-41(31)51-45(32)39/h1-26H. The van der Waals surface area contributed by atoms with Gasteiger partial charge in [0, 0.05) is 44.1 Å². The molecule has 0 aliphatic heterocycles. The van der Waals surface area contributed by atoms with Crippen LogP contribution in [0.3, 0.4) is 0 Å². The monoisotopic (exact) mass is 666 g/mol. The average molecular weight is 667 g/mol. The van der Waals surface area contributed by atoms with Gasteiger partial charge in [-0.05, 0) is 60.7 Å². The van der Waals surface area contributed by atoms with E-state index in [4.69, 9.17) is 18.8 Å². The number of aromatic nitrogens is 4. The third kappa shape index (κ3) is 3.67. The molecule has 12 aromatic rings. The van der Waals surface area contributed by atoms with Crippen molar-refractivity contribution in [1.82, 2.24) is 19.1 Å². The van der Waals surface area contributed by atoms with Crippen LogP contribution in [0.25, 0.3) is 110 Å². The third-order valence-corrected chi connectivity index (χ3v) is 10.6. The second-order valence-electron chi connectivity index (χ2n) is 13.4. The predicted molar refractivity (Wildman–Crippen MR) is 211 cm³/mol. The van der Waals surface area contributed by atoms with E-state index in [0.717, 1.165) is 83.1 Å². The fourth-order valence-electron chi connectivity index (χ4n) is 8.33. The van der Waals surface area contributed by atoms with Crippen molar-refractivity contribution in [2.75, 3.05) is 0 Å². The Labute approximate surface area is 295 Å². The lowest BCUT2D eigenvalue weighted by Gasteiger charge is -2.09. The maximum Gasteiger partial charge on any atom is 0.179 e. The number of nitrogens with zero attached hydrogens (tertiary/aromatic N) is 4. The van der Waals surface area contributed by atoms with Crippen LogP contribution in [-0.2, 0) is 0 Å². The number of hydrogen-bond donors (Lipinski definition) is 0. The molecule has 0 atom stereocenters. The highest BCUT2D eigenvalue weighted by atomic mass is 16.3. The molecule has 6 aromatic carbocycles. The van der Waals surface area contributed by atoms with Crippen LogP contribution in [0, 0.1) is 0 Å². The van der Waals surface area contributed by atoms with E-state index in [0.29, 0.717) is 11.2 Å². The molecular formula is C46H26N4O2. The molecule has 12 rings (SSSR count). The summed E-state index contributed by atoms with van der Waals surface area (Å²) in [4.78, 5) is 10.0. The van der Waals surface area contributed by atoms with Gasteiger partial charge in [0.15, 0.2) is 16.7 Å². The van der Waals surface area contributed by atoms with E-state index in [1.165, 1.54) is 16.2 Å². The van der Waals surface area contributed by atoms with Crippen LogP contribution in [0.5, 0.6) is 0 Å². The van der Waals surface area contributed by atoms with Gasteiger partial charge in [-0.1, -0.05) is 91.0 Å². The lowest BCUT2D eigenvalue weighted by atomic mass is 10.1. The minimum atomic E-state index is 0.705. The zero-order valence-electron chi connectivity index (χ0n) is 27.6. The lowest BCUT2D eigenvalue weighted by Crippen LogP contribution is -1.95.